The molecule has 1 fully saturated rings. The molecule has 0 radical (unpaired) electrons. The van der Waals surface area contributed by atoms with Gasteiger partial charge in [0.15, 0.2) is 5.72 Å². The first-order chi connectivity index (χ1) is 14.4. The van der Waals surface area contributed by atoms with Crippen LogP contribution in [0.15, 0.2) is 53.1 Å². The highest BCUT2D eigenvalue weighted by molar-refractivity contribution is 8.03. The van der Waals surface area contributed by atoms with Gasteiger partial charge in [-0.1, -0.05) is 23.7 Å². The molecule has 0 aliphatic carbocycles. The Bertz CT molecular complexity index is 1080. The minimum atomic E-state index is -1.53. The summed E-state index contributed by atoms with van der Waals surface area (Å²) < 4.78 is 10.8. The van der Waals surface area contributed by atoms with Crippen LogP contribution in [0, 0.1) is 11.3 Å². The largest absolute Gasteiger partial charge is 0.497 e. The summed E-state index contributed by atoms with van der Waals surface area (Å²) in [6.45, 7) is 0. The number of benzene rings is 2. The van der Waals surface area contributed by atoms with Crippen LogP contribution in [0.25, 0.3) is 0 Å². The van der Waals surface area contributed by atoms with E-state index in [4.69, 9.17) is 21.1 Å². The molecule has 2 aromatic carbocycles. The molecular formula is C22H19ClN2O4S. The number of carbonyl (C=O) groups excluding carboxylic acids is 1. The molecular weight excluding hydrogens is 424 g/mol. The number of ether oxygens (including phenoxy) is 2. The highest BCUT2D eigenvalue weighted by Gasteiger charge is 2.52. The summed E-state index contributed by atoms with van der Waals surface area (Å²) in [6.07, 6.45) is 0.0341. The van der Waals surface area contributed by atoms with E-state index in [0.29, 0.717) is 38.3 Å². The number of nitrogens with zero attached hydrogens (tertiary/aromatic N) is 2. The van der Waals surface area contributed by atoms with Crippen molar-refractivity contribution in [3.05, 3.63) is 69.2 Å². The molecule has 2 aliphatic heterocycles. The average Bonchev–Trinajstić information content (AvgIpc) is 3.12. The van der Waals surface area contributed by atoms with Crippen molar-refractivity contribution in [2.45, 2.75) is 18.1 Å². The second-order valence-corrected chi connectivity index (χ2v) is 8.44. The molecule has 154 valence electrons. The number of hydrogen-bond acceptors (Lipinski definition) is 6. The third-order valence-electron chi connectivity index (χ3n) is 5.43. The average molecular weight is 443 g/mol. The topological polar surface area (TPSA) is 82.8 Å². The summed E-state index contributed by atoms with van der Waals surface area (Å²) in [4.78, 5) is 14.6. The van der Waals surface area contributed by atoms with Crippen LogP contribution in [-0.4, -0.2) is 35.9 Å². The molecule has 6 nitrogen and oxygen atoms in total. The molecule has 0 aromatic heterocycles. The van der Waals surface area contributed by atoms with E-state index in [-0.39, 0.29) is 18.1 Å². The van der Waals surface area contributed by atoms with Crippen molar-refractivity contribution in [3.63, 3.8) is 0 Å². The van der Waals surface area contributed by atoms with Gasteiger partial charge in [-0.3, -0.25) is 9.69 Å². The summed E-state index contributed by atoms with van der Waals surface area (Å²) in [5.41, 5.74) is 0.151. The van der Waals surface area contributed by atoms with Crippen LogP contribution in [0.4, 0.5) is 0 Å². The van der Waals surface area contributed by atoms with Gasteiger partial charge < -0.3 is 14.6 Å². The molecule has 1 saturated heterocycles. The minimum absolute atomic E-state index is 0.0341. The Balaban J connectivity index is 1.83. The lowest BCUT2D eigenvalue weighted by Crippen LogP contribution is -2.48. The van der Waals surface area contributed by atoms with Gasteiger partial charge in [0.25, 0.3) is 0 Å². The van der Waals surface area contributed by atoms with Crippen molar-refractivity contribution in [2.24, 2.45) is 0 Å². The maximum atomic E-state index is 13.2. The van der Waals surface area contributed by atoms with Crippen LogP contribution >= 0.6 is 23.4 Å². The molecule has 0 bridgehead atoms. The Kier molecular flexibility index (Phi) is 5.41. The van der Waals surface area contributed by atoms with Crippen molar-refractivity contribution in [1.29, 1.82) is 5.26 Å². The number of hydrogen-bond donors (Lipinski definition) is 1. The molecule has 0 saturated carbocycles. The monoisotopic (exact) mass is 442 g/mol. The molecule has 30 heavy (non-hydrogen) atoms. The number of allylic oxidation sites excluding steroid dienone is 1. The summed E-state index contributed by atoms with van der Waals surface area (Å²) in [5, 5.41) is 22.4. The van der Waals surface area contributed by atoms with Crippen molar-refractivity contribution in [2.75, 3.05) is 20.0 Å². The quantitative estimate of drug-likeness (QED) is 0.770. The fourth-order valence-corrected chi connectivity index (χ4v) is 5.42. The number of thioether (sulfide) groups is 1. The zero-order chi connectivity index (χ0) is 21.5. The molecule has 2 heterocycles. The Labute approximate surface area is 183 Å². The van der Waals surface area contributed by atoms with Gasteiger partial charge in [0, 0.05) is 28.5 Å². The van der Waals surface area contributed by atoms with Crippen LogP contribution in [0.5, 0.6) is 11.5 Å². The van der Waals surface area contributed by atoms with Crippen LogP contribution < -0.4 is 9.47 Å². The number of halogens is 1. The molecule has 2 unspecified atom stereocenters. The standard InChI is InChI=1S/C22H19ClN2O4S/c1-28-15-7-8-19(29-2)17(9-15)16-10-20(26)25-21(18(16)11-24)30-12-22(25,27)13-3-5-14(23)6-4-13/h3-9,16,27H,10,12H2,1-2H3. The third-order valence-corrected chi connectivity index (χ3v) is 6.90. The summed E-state index contributed by atoms with van der Waals surface area (Å²) in [6, 6.07) is 14.3. The van der Waals surface area contributed by atoms with Crippen molar-refractivity contribution in [3.8, 4) is 17.6 Å². The highest BCUT2D eigenvalue weighted by Crippen LogP contribution is 2.52. The van der Waals surface area contributed by atoms with E-state index in [0.717, 1.165) is 0 Å². The molecule has 0 spiro atoms. The van der Waals surface area contributed by atoms with Crippen LogP contribution in [0.1, 0.15) is 23.5 Å². The normalized spacial score (nSPS) is 23.2. The molecule has 8 heteroatoms. The summed E-state index contributed by atoms with van der Waals surface area (Å²) >= 11 is 7.27. The van der Waals surface area contributed by atoms with Crippen molar-refractivity contribution in [1.82, 2.24) is 4.90 Å². The van der Waals surface area contributed by atoms with Gasteiger partial charge in [-0.2, -0.15) is 5.26 Å². The minimum Gasteiger partial charge on any atom is -0.497 e. The van der Waals surface area contributed by atoms with Gasteiger partial charge in [0.2, 0.25) is 5.91 Å². The number of carbonyl (C=O) groups is 1. The van der Waals surface area contributed by atoms with E-state index in [1.807, 2.05) is 0 Å². The summed E-state index contributed by atoms with van der Waals surface area (Å²) in [5.74, 6) is 0.661. The van der Waals surface area contributed by atoms with Gasteiger partial charge in [0.05, 0.1) is 36.6 Å². The fourth-order valence-electron chi connectivity index (χ4n) is 3.93. The Morgan fingerprint density at radius 3 is 2.60 bits per heavy atom. The SMILES string of the molecule is COc1ccc(OC)c(C2CC(=O)N3C(=C2C#N)SCC3(O)c2ccc(Cl)cc2)c1. The van der Waals surface area contributed by atoms with Gasteiger partial charge >= 0.3 is 0 Å². The van der Waals surface area contributed by atoms with Crippen LogP contribution in [0.3, 0.4) is 0 Å². The maximum Gasteiger partial charge on any atom is 0.231 e. The zero-order valence-electron chi connectivity index (χ0n) is 16.4. The number of fused-ring (bicyclic) bond motifs is 1. The lowest BCUT2D eigenvalue weighted by atomic mass is 9.85. The highest BCUT2D eigenvalue weighted by atomic mass is 35.5. The molecule has 1 N–H and O–H groups in total. The lowest BCUT2D eigenvalue weighted by Gasteiger charge is -2.38. The van der Waals surface area contributed by atoms with E-state index in [1.54, 1.807) is 56.7 Å². The second-order valence-electron chi connectivity index (χ2n) is 7.04. The predicted molar refractivity (Wildman–Crippen MR) is 114 cm³/mol. The van der Waals surface area contributed by atoms with Gasteiger partial charge in [-0.25, -0.2) is 0 Å². The second kappa shape index (κ2) is 7.88. The third kappa shape index (κ3) is 3.21. The number of amides is 1. The maximum absolute atomic E-state index is 13.2. The van der Waals surface area contributed by atoms with E-state index < -0.39 is 11.6 Å². The molecule has 1 amide bonds. The number of nitriles is 1. The van der Waals surface area contributed by atoms with Crippen molar-refractivity contribution < 1.29 is 19.4 Å². The first kappa shape index (κ1) is 20.6. The fraction of sp³-hybridized carbons (Fsp3) is 0.273. The number of methoxy groups -OCH3 is 2. The number of aliphatic hydroxyl groups is 1. The molecule has 2 aliphatic rings. The van der Waals surface area contributed by atoms with Crippen LogP contribution in [0.2, 0.25) is 5.02 Å². The summed E-state index contributed by atoms with van der Waals surface area (Å²) in [7, 11) is 3.10. The lowest BCUT2D eigenvalue weighted by molar-refractivity contribution is -0.149. The van der Waals surface area contributed by atoms with E-state index in [9.17, 15) is 15.2 Å². The number of rotatable bonds is 4. The Hall–Kier alpha value is -2.66. The first-order valence-corrected chi connectivity index (χ1v) is 10.6. The predicted octanol–water partition coefficient (Wildman–Crippen LogP) is 4.00. The molecule has 2 atom stereocenters. The molecule has 4 rings (SSSR count). The Morgan fingerprint density at radius 1 is 1.23 bits per heavy atom. The van der Waals surface area contributed by atoms with E-state index in [2.05, 4.69) is 6.07 Å². The van der Waals surface area contributed by atoms with E-state index in [1.165, 1.54) is 16.7 Å². The molecule has 2 aromatic rings. The van der Waals surface area contributed by atoms with Gasteiger partial charge in [0.1, 0.15) is 11.5 Å². The van der Waals surface area contributed by atoms with Crippen LogP contribution in [-0.2, 0) is 10.5 Å². The van der Waals surface area contributed by atoms with Gasteiger partial charge in [-0.05, 0) is 30.3 Å². The van der Waals surface area contributed by atoms with Crippen molar-refractivity contribution >= 4 is 29.3 Å². The zero-order valence-corrected chi connectivity index (χ0v) is 18.0. The first-order valence-electron chi connectivity index (χ1n) is 9.23. The van der Waals surface area contributed by atoms with Gasteiger partial charge in [-0.15, -0.1) is 11.8 Å². The Morgan fingerprint density at radius 2 is 1.97 bits per heavy atom. The smallest absolute Gasteiger partial charge is 0.231 e. The van der Waals surface area contributed by atoms with E-state index >= 15 is 0 Å².